The maximum Gasteiger partial charge on any atom is 0.339 e. The highest BCUT2D eigenvalue weighted by Gasteiger charge is 2.10. The van der Waals surface area contributed by atoms with Gasteiger partial charge in [0.1, 0.15) is 11.4 Å². The van der Waals surface area contributed by atoms with E-state index in [0.29, 0.717) is 11.4 Å². The molecule has 3 N–H and O–H groups in total. The third-order valence-corrected chi connectivity index (χ3v) is 2.51. The van der Waals surface area contributed by atoms with Crippen molar-refractivity contribution in [2.24, 2.45) is 0 Å². The molecular formula is C14H13N3O3. The van der Waals surface area contributed by atoms with Gasteiger partial charge in [-0.3, -0.25) is 4.79 Å². The molecule has 0 aliphatic heterocycles. The number of hydrogen-bond donors (Lipinski definition) is 3. The van der Waals surface area contributed by atoms with Crippen molar-refractivity contribution in [3.63, 3.8) is 0 Å². The van der Waals surface area contributed by atoms with E-state index in [1.807, 2.05) is 0 Å². The summed E-state index contributed by atoms with van der Waals surface area (Å²) in [5.41, 5.74) is 1.45. The van der Waals surface area contributed by atoms with Gasteiger partial charge < -0.3 is 15.7 Å². The zero-order valence-corrected chi connectivity index (χ0v) is 10.8. The molecule has 0 aliphatic rings. The summed E-state index contributed by atoms with van der Waals surface area (Å²) in [6.45, 7) is 1.43. The van der Waals surface area contributed by atoms with Gasteiger partial charge in [0.2, 0.25) is 5.91 Å². The summed E-state index contributed by atoms with van der Waals surface area (Å²) in [4.78, 5) is 26.0. The monoisotopic (exact) mass is 271 g/mol. The lowest BCUT2D eigenvalue weighted by atomic mass is 10.2. The summed E-state index contributed by atoms with van der Waals surface area (Å²) in [6, 6.07) is 9.93. The molecule has 0 bridgehead atoms. The maximum atomic E-state index is 11.1. The first-order valence-corrected chi connectivity index (χ1v) is 5.89. The lowest BCUT2D eigenvalue weighted by Gasteiger charge is -2.09. The Morgan fingerprint density at radius 1 is 1.10 bits per heavy atom. The molecule has 2 rings (SSSR count). The molecule has 1 aromatic heterocycles. The van der Waals surface area contributed by atoms with Crippen LogP contribution in [0.1, 0.15) is 17.3 Å². The molecule has 0 fully saturated rings. The number of rotatable bonds is 4. The van der Waals surface area contributed by atoms with Gasteiger partial charge in [0.15, 0.2) is 0 Å². The van der Waals surface area contributed by atoms with Gasteiger partial charge in [-0.05, 0) is 36.4 Å². The van der Waals surface area contributed by atoms with Crippen LogP contribution >= 0.6 is 0 Å². The Labute approximate surface area is 115 Å². The number of nitrogens with one attached hydrogen (secondary N) is 2. The Morgan fingerprint density at radius 3 is 2.35 bits per heavy atom. The summed E-state index contributed by atoms with van der Waals surface area (Å²) in [5.74, 6) is -0.925. The molecule has 0 aliphatic carbocycles. The molecule has 6 heteroatoms. The van der Waals surface area contributed by atoms with Crippen LogP contribution in [0.2, 0.25) is 0 Å². The Bertz CT molecular complexity index is 638. The van der Waals surface area contributed by atoms with Crippen LogP contribution in [0.3, 0.4) is 0 Å². The lowest BCUT2D eigenvalue weighted by molar-refractivity contribution is -0.114. The molecule has 2 aromatic rings. The molecule has 1 amide bonds. The second kappa shape index (κ2) is 5.83. The zero-order chi connectivity index (χ0) is 14.5. The van der Waals surface area contributed by atoms with Crippen molar-refractivity contribution in [1.29, 1.82) is 0 Å². The van der Waals surface area contributed by atoms with Crippen LogP contribution in [-0.4, -0.2) is 22.0 Å². The van der Waals surface area contributed by atoms with E-state index in [1.165, 1.54) is 19.2 Å². The van der Waals surface area contributed by atoms with Gasteiger partial charge in [0, 0.05) is 24.5 Å². The second-order valence-electron chi connectivity index (χ2n) is 4.09. The summed E-state index contributed by atoms with van der Waals surface area (Å²) in [5, 5.41) is 14.6. The number of hydrogen-bond acceptors (Lipinski definition) is 4. The summed E-state index contributed by atoms with van der Waals surface area (Å²) in [7, 11) is 0. The van der Waals surface area contributed by atoms with Crippen molar-refractivity contribution in [3.05, 3.63) is 48.2 Å². The van der Waals surface area contributed by atoms with Crippen LogP contribution < -0.4 is 10.6 Å². The molecule has 20 heavy (non-hydrogen) atoms. The Hall–Kier alpha value is -2.89. The van der Waals surface area contributed by atoms with Crippen LogP contribution in [0, 0.1) is 0 Å². The minimum Gasteiger partial charge on any atom is -0.478 e. The number of pyridine rings is 1. The average Bonchev–Trinajstić information content (AvgIpc) is 2.41. The summed E-state index contributed by atoms with van der Waals surface area (Å²) < 4.78 is 0. The van der Waals surface area contributed by atoms with E-state index in [2.05, 4.69) is 15.6 Å². The number of aromatic nitrogens is 1. The third-order valence-electron chi connectivity index (χ3n) is 2.51. The van der Waals surface area contributed by atoms with Gasteiger partial charge >= 0.3 is 5.97 Å². The standard InChI is InChI=1S/C14H13N3O3/c1-9(18)16-10-4-6-11(7-5-10)17-13-12(14(19)20)3-2-8-15-13/h2-8H,1H3,(H,15,17)(H,16,18)(H,19,20). The topological polar surface area (TPSA) is 91.3 Å². The largest absolute Gasteiger partial charge is 0.478 e. The highest BCUT2D eigenvalue weighted by molar-refractivity contribution is 5.94. The van der Waals surface area contributed by atoms with Crippen molar-refractivity contribution < 1.29 is 14.7 Å². The summed E-state index contributed by atoms with van der Waals surface area (Å²) >= 11 is 0. The molecule has 102 valence electrons. The van der Waals surface area contributed by atoms with E-state index in [9.17, 15) is 9.59 Å². The Kier molecular flexibility index (Phi) is 3.95. The fourth-order valence-corrected chi connectivity index (χ4v) is 1.65. The number of carbonyl (C=O) groups excluding carboxylic acids is 1. The number of carbonyl (C=O) groups is 2. The highest BCUT2D eigenvalue weighted by atomic mass is 16.4. The van der Waals surface area contributed by atoms with Gasteiger partial charge in [0.05, 0.1) is 0 Å². The molecule has 0 spiro atoms. The van der Waals surface area contributed by atoms with Crippen LogP contribution in [0.5, 0.6) is 0 Å². The fourth-order valence-electron chi connectivity index (χ4n) is 1.65. The maximum absolute atomic E-state index is 11.1. The van der Waals surface area contributed by atoms with Crippen molar-refractivity contribution in [2.75, 3.05) is 10.6 Å². The van der Waals surface area contributed by atoms with Crippen molar-refractivity contribution >= 4 is 29.1 Å². The smallest absolute Gasteiger partial charge is 0.339 e. The number of nitrogens with zero attached hydrogens (tertiary/aromatic N) is 1. The van der Waals surface area contributed by atoms with E-state index in [-0.39, 0.29) is 17.3 Å². The van der Waals surface area contributed by atoms with Crippen LogP contribution in [-0.2, 0) is 4.79 Å². The second-order valence-corrected chi connectivity index (χ2v) is 4.09. The highest BCUT2D eigenvalue weighted by Crippen LogP contribution is 2.20. The van der Waals surface area contributed by atoms with E-state index >= 15 is 0 Å². The van der Waals surface area contributed by atoms with Crippen molar-refractivity contribution in [1.82, 2.24) is 4.98 Å². The first kappa shape index (κ1) is 13.5. The Balaban J connectivity index is 2.18. The van der Waals surface area contributed by atoms with Crippen LogP contribution in [0.15, 0.2) is 42.6 Å². The first-order valence-electron chi connectivity index (χ1n) is 5.89. The molecule has 0 saturated heterocycles. The minimum atomic E-state index is -1.05. The number of benzene rings is 1. The number of carboxylic acid groups (broad SMARTS) is 1. The Morgan fingerprint density at radius 2 is 1.75 bits per heavy atom. The first-order chi connectivity index (χ1) is 9.56. The van der Waals surface area contributed by atoms with Crippen LogP contribution in [0.4, 0.5) is 17.2 Å². The van der Waals surface area contributed by atoms with E-state index < -0.39 is 5.97 Å². The SMILES string of the molecule is CC(=O)Nc1ccc(Nc2ncccc2C(=O)O)cc1. The van der Waals surface area contributed by atoms with E-state index in [0.717, 1.165) is 0 Å². The van der Waals surface area contributed by atoms with E-state index in [4.69, 9.17) is 5.11 Å². The fraction of sp³-hybridized carbons (Fsp3) is 0.0714. The van der Waals surface area contributed by atoms with E-state index in [1.54, 1.807) is 30.3 Å². The predicted octanol–water partition coefficient (Wildman–Crippen LogP) is 2.48. The number of carboxylic acids is 1. The van der Waals surface area contributed by atoms with Gasteiger partial charge in [-0.25, -0.2) is 9.78 Å². The average molecular weight is 271 g/mol. The van der Waals surface area contributed by atoms with Gasteiger partial charge in [-0.15, -0.1) is 0 Å². The van der Waals surface area contributed by atoms with Crippen molar-refractivity contribution in [2.45, 2.75) is 6.92 Å². The minimum absolute atomic E-state index is 0.0958. The third kappa shape index (κ3) is 3.32. The molecule has 1 aromatic carbocycles. The van der Waals surface area contributed by atoms with Gasteiger partial charge in [0.25, 0.3) is 0 Å². The molecule has 0 radical (unpaired) electrons. The van der Waals surface area contributed by atoms with Gasteiger partial charge in [-0.2, -0.15) is 0 Å². The quantitative estimate of drug-likeness (QED) is 0.794. The normalized spacial score (nSPS) is 9.85. The molecule has 0 atom stereocenters. The lowest BCUT2D eigenvalue weighted by Crippen LogP contribution is -2.06. The van der Waals surface area contributed by atoms with Crippen molar-refractivity contribution in [3.8, 4) is 0 Å². The molecule has 0 unspecified atom stereocenters. The van der Waals surface area contributed by atoms with Gasteiger partial charge in [-0.1, -0.05) is 0 Å². The molecular weight excluding hydrogens is 258 g/mol. The predicted molar refractivity (Wildman–Crippen MR) is 75.2 cm³/mol. The molecule has 6 nitrogen and oxygen atoms in total. The molecule has 1 heterocycles. The number of amides is 1. The molecule has 0 saturated carbocycles. The number of aromatic carboxylic acids is 1. The zero-order valence-electron chi connectivity index (χ0n) is 10.8. The van der Waals surface area contributed by atoms with Crippen LogP contribution in [0.25, 0.3) is 0 Å². The number of anilines is 3. The summed E-state index contributed by atoms with van der Waals surface area (Å²) in [6.07, 6.45) is 1.51.